The number of carboxylic acids is 1. The predicted octanol–water partition coefficient (Wildman–Crippen LogP) is -0.798. The summed E-state index contributed by atoms with van der Waals surface area (Å²) in [6, 6.07) is -0.804. The van der Waals surface area contributed by atoms with E-state index in [4.69, 9.17) is 9.84 Å². The van der Waals surface area contributed by atoms with Crippen molar-refractivity contribution in [2.24, 2.45) is 0 Å². The maximum Gasteiger partial charge on any atom is 0.326 e. The Labute approximate surface area is 89.0 Å². The second-order valence-corrected chi connectivity index (χ2v) is 3.04. The van der Waals surface area contributed by atoms with Gasteiger partial charge >= 0.3 is 5.97 Å². The van der Waals surface area contributed by atoms with Crippen molar-refractivity contribution in [3.63, 3.8) is 0 Å². The average molecular weight is 218 g/mol. The third kappa shape index (κ3) is 6.87. The van der Waals surface area contributed by atoms with Crippen LogP contribution < -0.4 is 10.6 Å². The molecule has 6 heteroatoms. The molecule has 0 fully saturated rings. The molecule has 0 aromatic rings. The summed E-state index contributed by atoms with van der Waals surface area (Å²) < 4.78 is 4.78. The Morgan fingerprint density at radius 2 is 2.13 bits per heavy atom. The molecular weight excluding hydrogens is 200 g/mol. The summed E-state index contributed by atoms with van der Waals surface area (Å²) in [5.41, 5.74) is 0. The van der Waals surface area contributed by atoms with Gasteiger partial charge in [-0.05, 0) is 6.42 Å². The van der Waals surface area contributed by atoms with Gasteiger partial charge in [0.25, 0.3) is 0 Å². The van der Waals surface area contributed by atoms with Crippen LogP contribution in [0.4, 0.5) is 0 Å². The van der Waals surface area contributed by atoms with E-state index in [-0.39, 0.29) is 12.5 Å². The highest BCUT2D eigenvalue weighted by Crippen LogP contribution is 1.89. The van der Waals surface area contributed by atoms with Gasteiger partial charge in [0.05, 0.1) is 13.2 Å². The second-order valence-electron chi connectivity index (χ2n) is 3.04. The van der Waals surface area contributed by atoms with Crippen LogP contribution in [0, 0.1) is 0 Å². The van der Waals surface area contributed by atoms with Gasteiger partial charge in [0, 0.05) is 13.7 Å². The van der Waals surface area contributed by atoms with E-state index in [1.807, 2.05) is 0 Å². The van der Waals surface area contributed by atoms with E-state index in [1.54, 1.807) is 14.0 Å². The average Bonchev–Trinajstić information content (AvgIpc) is 2.20. The van der Waals surface area contributed by atoms with Crippen LogP contribution in [0.25, 0.3) is 0 Å². The van der Waals surface area contributed by atoms with Crippen molar-refractivity contribution in [1.82, 2.24) is 10.6 Å². The highest BCUT2D eigenvalue weighted by molar-refractivity contribution is 5.84. The molecular formula is C9H18N2O4. The minimum atomic E-state index is -1.01. The van der Waals surface area contributed by atoms with Crippen LogP contribution in [-0.2, 0) is 14.3 Å². The number of ether oxygens (including phenoxy) is 1. The summed E-state index contributed by atoms with van der Waals surface area (Å²) in [5.74, 6) is -1.33. The monoisotopic (exact) mass is 218 g/mol. The van der Waals surface area contributed by atoms with Crippen LogP contribution in [0.3, 0.4) is 0 Å². The highest BCUT2D eigenvalue weighted by Gasteiger charge is 2.16. The highest BCUT2D eigenvalue weighted by atomic mass is 16.5. The summed E-state index contributed by atoms with van der Waals surface area (Å²) in [6.07, 6.45) is 0.374. The van der Waals surface area contributed by atoms with Crippen molar-refractivity contribution in [3.05, 3.63) is 0 Å². The second kappa shape index (κ2) is 8.19. The molecule has 0 bridgehead atoms. The number of aliphatic carboxylic acids is 1. The molecule has 1 atom stereocenters. The number of rotatable bonds is 8. The Kier molecular flexibility index (Phi) is 7.57. The topological polar surface area (TPSA) is 87.7 Å². The summed E-state index contributed by atoms with van der Waals surface area (Å²) in [5, 5.41) is 13.9. The Bertz CT molecular complexity index is 208. The van der Waals surface area contributed by atoms with Crippen molar-refractivity contribution in [2.45, 2.75) is 19.4 Å². The predicted molar refractivity (Wildman–Crippen MR) is 54.6 cm³/mol. The minimum Gasteiger partial charge on any atom is -0.480 e. The van der Waals surface area contributed by atoms with Crippen LogP contribution in [0.1, 0.15) is 13.3 Å². The molecule has 0 aliphatic heterocycles. The zero-order valence-electron chi connectivity index (χ0n) is 9.08. The first kappa shape index (κ1) is 13.9. The molecule has 88 valence electrons. The fraction of sp³-hybridized carbons (Fsp3) is 0.778. The number of amides is 1. The zero-order valence-corrected chi connectivity index (χ0v) is 9.08. The van der Waals surface area contributed by atoms with E-state index in [0.29, 0.717) is 19.6 Å². The molecule has 0 aromatic heterocycles. The van der Waals surface area contributed by atoms with Crippen molar-refractivity contribution < 1.29 is 19.4 Å². The van der Waals surface area contributed by atoms with E-state index in [9.17, 15) is 9.59 Å². The Morgan fingerprint density at radius 1 is 1.47 bits per heavy atom. The van der Waals surface area contributed by atoms with E-state index in [2.05, 4.69) is 10.6 Å². The van der Waals surface area contributed by atoms with Gasteiger partial charge in [0.2, 0.25) is 5.91 Å². The van der Waals surface area contributed by atoms with Crippen molar-refractivity contribution in [1.29, 1.82) is 0 Å². The molecule has 0 aromatic carbocycles. The first-order valence-electron chi connectivity index (χ1n) is 4.83. The van der Waals surface area contributed by atoms with Crippen LogP contribution >= 0.6 is 0 Å². The smallest absolute Gasteiger partial charge is 0.326 e. The van der Waals surface area contributed by atoms with Gasteiger partial charge in [-0.1, -0.05) is 6.92 Å². The van der Waals surface area contributed by atoms with E-state index in [1.165, 1.54) is 0 Å². The molecule has 6 nitrogen and oxygen atoms in total. The molecule has 15 heavy (non-hydrogen) atoms. The number of carboxylic acid groups (broad SMARTS) is 1. The van der Waals surface area contributed by atoms with Crippen molar-refractivity contribution >= 4 is 11.9 Å². The SMILES string of the molecule is CC[C@H](NC(=O)CNCCOC)C(=O)O. The first-order valence-corrected chi connectivity index (χ1v) is 4.83. The number of carbonyl (C=O) groups is 2. The lowest BCUT2D eigenvalue weighted by atomic mass is 10.2. The molecule has 0 unspecified atom stereocenters. The van der Waals surface area contributed by atoms with Crippen LogP contribution in [0.15, 0.2) is 0 Å². The van der Waals surface area contributed by atoms with E-state index in [0.717, 1.165) is 0 Å². The third-order valence-corrected chi connectivity index (χ3v) is 1.81. The Balaban J connectivity index is 3.67. The fourth-order valence-electron chi connectivity index (χ4n) is 0.960. The van der Waals surface area contributed by atoms with Gasteiger partial charge in [0.1, 0.15) is 6.04 Å². The molecule has 0 radical (unpaired) electrons. The van der Waals surface area contributed by atoms with Crippen molar-refractivity contribution in [2.75, 3.05) is 26.8 Å². The first-order chi connectivity index (χ1) is 7.11. The fourth-order valence-corrected chi connectivity index (χ4v) is 0.960. The number of nitrogens with one attached hydrogen (secondary N) is 2. The molecule has 0 aliphatic rings. The largest absolute Gasteiger partial charge is 0.480 e. The molecule has 0 saturated heterocycles. The van der Waals surface area contributed by atoms with Crippen molar-refractivity contribution in [3.8, 4) is 0 Å². The molecule has 0 heterocycles. The van der Waals surface area contributed by atoms with Gasteiger partial charge in [-0.25, -0.2) is 4.79 Å². The third-order valence-electron chi connectivity index (χ3n) is 1.81. The van der Waals surface area contributed by atoms with Gasteiger partial charge in [-0.3, -0.25) is 4.79 Å². The number of carbonyl (C=O) groups excluding carboxylic acids is 1. The molecule has 0 aliphatic carbocycles. The molecule has 0 rings (SSSR count). The zero-order chi connectivity index (χ0) is 11.7. The molecule has 0 saturated carbocycles. The number of hydrogen-bond donors (Lipinski definition) is 3. The quantitative estimate of drug-likeness (QED) is 0.464. The van der Waals surface area contributed by atoms with Gasteiger partial charge in [-0.15, -0.1) is 0 Å². The lowest BCUT2D eigenvalue weighted by Crippen LogP contribution is -2.44. The summed E-state index contributed by atoms with van der Waals surface area (Å²) >= 11 is 0. The van der Waals surface area contributed by atoms with Gasteiger partial charge < -0.3 is 20.5 Å². The minimum absolute atomic E-state index is 0.104. The summed E-state index contributed by atoms with van der Waals surface area (Å²) in [6.45, 7) is 2.89. The van der Waals surface area contributed by atoms with E-state index < -0.39 is 12.0 Å². The summed E-state index contributed by atoms with van der Waals surface area (Å²) in [7, 11) is 1.57. The van der Waals surface area contributed by atoms with E-state index >= 15 is 0 Å². The maximum absolute atomic E-state index is 11.2. The summed E-state index contributed by atoms with van der Waals surface area (Å²) in [4.78, 5) is 21.8. The van der Waals surface area contributed by atoms with Gasteiger partial charge in [0.15, 0.2) is 0 Å². The van der Waals surface area contributed by atoms with Crippen LogP contribution in [0.2, 0.25) is 0 Å². The number of methoxy groups -OCH3 is 1. The lowest BCUT2D eigenvalue weighted by molar-refractivity contribution is -0.141. The maximum atomic E-state index is 11.2. The lowest BCUT2D eigenvalue weighted by Gasteiger charge is -2.12. The Hall–Kier alpha value is -1.14. The molecule has 3 N–H and O–H groups in total. The molecule has 0 spiro atoms. The standard InChI is InChI=1S/C9H18N2O4/c1-3-7(9(13)14)11-8(12)6-10-4-5-15-2/h7,10H,3-6H2,1-2H3,(H,11,12)(H,13,14)/t7-/m0/s1. The van der Waals surface area contributed by atoms with Crippen LogP contribution in [0.5, 0.6) is 0 Å². The molecule has 1 amide bonds. The number of hydrogen-bond acceptors (Lipinski definition) is 4. The normalized spacial score (nSPS) is 12.1. The Morgan fingerprint density at radius 3 is 2.60 bits per heavy atom. The van der Waals surface area contributed by atoms with Crippen LogP contribution in [-0.4, -0.2) is 49.8 Å². The van der Waals surface area contributed by atoms with Gasteiger partial charge in [-0.2, -0.15) is 0 Å².